The fourth-order valence-electron chi connectivity index (χ4n) is 2.97. The number of hydrogen-bond acceptors (Lipinski definition) is 4. The van der Waals surface area contributed by atoms with Crippen LogP contribution in [0.4, 0.5) is 5.69 Å². The molecule has 1 saturated heterocycles. The quantitative estimate of drug-likeness (QED) is 0.570. The number of rotatable bonds is 3. The van der Waals surface area contributed by atoms with E-state index in [1.54, 1.807) is 17.0 Å². The van der Waals surface area contributed by atoms with Gasteiger partial charge >= 0.3 is 0 Å². The van der Waals surface area contributed by atoms with Crippen LogP contribution in [0.2, 0.25) is 5.02 Å². The Bertz CT molecular complexity index is 917. The van der Waals surface area contributed by atoms with Crippen LogP contribution in [0.25, 0.3) is 6.08 Å². The Kier molecular flexibility index (Phi) is 6.04. The molecule has 5 nitrogen and oxygen atoms in total. The first kappa shape index (κ1) is 19.3. The molecular formula is C20H17BrClN3O2. The summed E-state index contributed by atoms with van der Waals surface area (Å²) in [6.45, 7) is 2.45. The number of amides is 1. The summed E-state index contributed by atoms with van der Waals surface area (Å²) in [5.41, 5.74) is 1.41. The lowest BCUT2D eigenvalue weighted by Crippen LogP contribution is -2.49. The maximum Gasteiger partial charge on any atom is 0.264 e. The highest BCUT2D eigenvalue weighted by Crippen LogP contribution is 2.33. The normalized spacial score (nSPS) is 14.8. The van der Waals surface area contributed by atoms with Crippen LogP contribution >= 0.6 is 27.5 Å². The van der Waals surface area contributed by atoms with Crippen molar-refractivity contribution >= 4 is 45.2 Å². The Morgan fingerprint density at radius 1 is 1.19 bits per heavy atom. The minimum absolute atomic E-state index is 0.0346. The van der Waals surface area contributed by atoms with E-state index < -0.39 is 0 Å². The molecule has 0 atom stereocenters. The SMILES string of the molecule is N#C/C(=C\c1cc(Br)cc(Cl)c1O)C(=O)N1CCN(c2ccccc2)CC1. The van der Waals surface area contributed by atoms with Gasteiger partial charge in [0.25, 0.3) is 5.91 Å². The number of phenols is 1. The van der Waals surface area contributed by atoms with Gasteiger partial charge in [-0.1, -0.05) is 45.7 Å². The number of anilines is 1. The van der Waals surface area contributed by atoms with Gasteiger partial charge in [0.1, 0.15) is 17.4 Å². The smallest absolute Gasteiger partial charge is 0.264 e. The molecule has 1 amide bonds. The molecule has 1 N–H and O–H groups in total. The largest absolute Gasteiger partial charge is 0.506 e. The standard InChI is InChI=1S/C20H17BrClN3O2/c21-16-11-14(19(26)18(22)12-16)10-15(13-23)20(27)25-8-6-24(7-9-25)17-4-2-1-3-5-17/h1-5,10-12,26H,6-9H2/b15-10+. The van der Waals surface area contributed by atoms with Crippen molar-refractivity contribution in [1.29, 1.82) is 5.26 Å². The van der Waals surface area contributed by atoms with Gasteiger partial charge in [0.15, 0.2) is 0 Å². The molecule has 2 aromatic carbocycles. The van der Waals surface area contributed by atoms with Gasteiger partial charge in [0, 0.05) is 41.9 Å². The third-order valence-electron chi connectivity index (χ3n) is 4.40. The lowest BCUT2D eigenvalue weighted by Gasteiger charge is -2.36. The molecule has 0 saturated carbocycles. The Balaban J connectivity index is 1.74. The first-order valence-corrected chi connectivity index (χ1v) is 9.56. The van der Waals surface area contributed by atoms with Crippen LogP contribution in [-0.2, 0) is 4.79 Å². The van der Waals surface area contributed by atoms with E-state index in [0.717, 1.165) is 5.69 Å². The number of phenolic OH excluding ortho intramolecular Hbond substituents is 1. The number of halogens is 2. The predicted octanol–water partition coefficient (Wildman–Crippen LogP) is 4.06. The number of benzene rings is 2. The molecule has 0 aromatic heterocycles. The third-order valence-corrected chi connectivity index (χ3v) is 5.14. The predicted molar refractivity (Wildman–Crippen MR) is 110 cm³/mol. The molecule has 27 heavy (non-hydrogen) atoms. The summed E-state index contributed by atoms with van der Waals surface area (Å²) in [4.78, 5) is 16.6. The summed E-state index contributed by atoms with van der Waals surface area (Å²) < 4.78 is 0.651. The molecule has 0 radical (unpaired) electrons. The van der Waals surface area contributed by atoms with E-state index in [9.17, 15) is 15.2 Å². The number of para-hydroxylation sites is 1. The van der Waals surface area contributed by atoms with Crippen molar-refractivity contribution in [2.45, 2.75) is 0 Å². The van der Waals surface area contributed by atoms with E-state index in [4.69, 9.17) is 11.6 Å². The zero-order valence-corrected chi connectivity index (χ0v) is 16.7. The van der Waals surface area contributed by atoms with Crippen LogP contribution in [0.3, 0.4) is 0 Å². The van der Waals surface area contributed by atoms with Crippen LogP contribution in [0.5, 0.6) is 5.75 Å². The van der Waals surface area contributed by atoms with Crippen LogP contribution in [0.15, 0.2) is 52.5 Å². The van der Waals surface area contributed by atoms with Crippen molar-refractivity contribution in [3.8, 4) is 11.8 Å². The highest BCUT2D eigenvalue weighted by Gasteiger charge is 2.24. The number of carbonyl (C=O) groups is 1. The molecule has 1 aliphatic rings. The molecule has 0 aliphatic carbocycles. The topological polar surface area (TPSA) is 67.6 Å². The molecule has 0 spiro atoms. The first-order valence-electron chi connectivity index (χ1n) is 8.38. The fraction of sp³-hybridized carbons (Fsp3) is 0.200. The first-order chi connectivity index (χ1) is 13.0. The summed E-state index contributed by atoms with van der Waals surface area (Å²) in [7, 11) is 0. The van der Waals surface area contributed by atoms with E-state index in [2.05, 4.69) is 20.8 Å². The minimum Gasteiger partial charge on any atom is -0.506 e. The molecular weight excluding hydrogens is 430 g/mol. The van der Waals surface area contributed by atoms with Crippen molar-refractivity contribution in [3.63, 3.8) is 0 Å². The van der Waals surface area contributed by atoms with Crippen LogP contribution in [0.1, 0.15) is 5.56 Å². The second-order valence-electron chi connectivity index (χ2n) is 6.11. The van der Waals surface area contributed by atoms with Gasteiger partial charge in [-0.05, 0) is 30.3 Å². The summed E-state index contributed by atoms with van der Waals surface area (Å²) in [5, 5.41) is 19.7. The lowest BCUT2D eigenvalue weighted by atomic mass is 10.1. The van der Waals surface area contributed by atoms with E-state index in [-0.39, 0.29) is 22.3 Å². The molecule has 0 unspecified atom stereocenters. The van der Waals surface area contributed by atoms with E-state index in [1.807, 2.05) is 36.4 Å². The number of aromatic hydroxyl groups is 1. The van der Waals surface area contributed by atoms with Crippen LogP contribution < -0.4 is 4.90 Å². The van der Waals surface area contributed by atoms with Crippen LogP contribution in [0, 0.1) is 11.3 Å². The summed E-state index contributed by atoms with van der Waals surface area (Å²) in [6.07, 6.45) is 1.37. The molecule has 2 aromatic rings. The Hall–Kier alpha value is -2.49. The number of carbonyl (C=O) groups excluding carboxylic acids is 1. The minimum atomic E-state index is -0.347. The Morgan fingerprint density at radius 2 is 1.85 bits per heavy atom. The molecule has 3 rings (SSSR count). The zero-order chi connectivity index (χ0) is 19.4. The second-order valence-corrected chi connectivity index (χ2v) is 7.43. The van der Waals surface area contributed by atoms with Crippen molar-refractivity contribution < 1.29 is 9.90 Å². The van der Waals surface area contributed by atoms with Gasteiger partial charge in [-0.3, -0.25) is 4.79 Å². The Labute approximate surface area is 171 Å². The molecule has 1 aliphatic heterocycles. The zero-order valence-electron chi connectivity index (χ0n) is 14.4. The summed E-state index contributed by atoms with van der Waals surface area (Å²) in [5.74, 6) is -0.505. The van der Waals surface area contributed by atoms with E-state index >= 15 is 0 Å². The maximum atomic E-state index is 12.7. The van der Waals surface area contributed by atoms with Crippen molar-refractivity contribution in [1.82, 2.24) is 4.90 Å². The van der Waals surface area contributed by atoms with E-state index in [0.29, 0.717) is 36.2 Å². The highest BCUT2D eigenvalue weighted by molar-refractivity contribution is 9.10. The maximum absolute atomic E-state index is 12.7. The Morgan fingerprint density at radius 3 is 2.48 bits per heavy atom. The molecule has 1 fully saturated rings. The fourth-order valence-corrected chi connectivity index (χ4v) is 3.80. The molecule has 7 heteroatoms. The number of nitriles is 1. The van der Waals surface area contributed by atoms with Gasteiger partial charge in [0.2, 0.25) is 0 Å². The van der Waals surface area contributed by atoms with Crippen molar-refractivity contribution in [2.24, 2.45) is 0 Å². The second kappa shape index (κ2) is 8.47. The molecule has 0 bridgehead atoms. The van der Waals surface area contributed by atoms with Crippen molar-refractivity contribution in [2.75, 3.05) is 31.1 Å². The summed E-state index contributed by atoms with van der Waals surface area (Å²) >= 11 is 9.25. The molecule has 138 valence electrons. The molecule has 1 heterocycles. The average molecular weight is 447 g/mol. The monoisotopic (exact) mass is 445 g/mol. The van der Waals surface area contributed by atoms with Gasteiger partial charge in [0.05, 0.1) is 5.02 Å². The van der Waals surface area contributed by atoms with Gasteiger partial charge in [-0.2, -0.15) is 5.26 Å². The lowest BCUT2D eigenvalue weighted by molar-refractivity contribution is -0.126. The third kappa shape index (κ3) is 4.44. The number of nitrogens with zero attached hydrogens (tertiary/aromatic N) is 3. The van der Waals surface area contributed by atoms with Crippen molar-refractivity contribution in [3.05, 3.63) is 63.1 Å². The van der Waals surface area contributed by atoms with E-state index in [1.165, 1.54) is 6.08 Å². The highest BCUT2D eigenvalue weighted by atomic mass is 79.9. The summed E-state index contributed by atoms with van der Waals surface area (Å²) in [6, 6.07) is 15.1. The average Bonchev–Trinajstić information content (AvgIpc) is 2.70. The number of piperazine rings is 1. The van der Waals surface area contributed by atoms with Gasteiger partial charge in [-0.25, -0.2) is 0 Å². The number of hydrogen-bond donors (Lipinski definition) is 1. The van der Waals surface area contributed by atoms with Gasteiger partial charge < -0.3 is 14.9 Å². The van der Waals surface area contributed by atoms with Crippen LogP contribution in [-0.4, -0.2) is 42.1 Å². The van der Waals surface area contributed by atoms with Gasteiger partial charge in [-0.15, -0.1) is 0 Å².